The van der Waals surface area contributed by atoms with Gasteiger partial charge in [-0.2, -0.15) is 17.9 Å². The van der Waals surface area contributed by atoms with Gasteiger partial charge in [-0.15, -0.1) is 10.2 Å². The molecule has 15 heteroatoms. The van der Waals surface area contributed by atoms with Crippen LogP contribution in [0.5, 0.6) is 5.75 Å². The average Bonchev–Trinajstić information content (AvgIpc) is 3.45. The molecule has 1 N–H and O–H groups in total. The van der Waals surface area contributed by atoms with E-state index < -0.39 is 24.5 Å². The lowest BCUT2D eigenvalue weighted by molar-refractivity contribution is -0.207. The Morgan fingerprint density at radius 2 is 1.89 bits per heavy atom. The van der Waals surface area contributed by atoms with E-state index in [0.717, 1.165) is 4.68 Å². The molecule has 0 aliphatic rings. The molecule has 0 radical (unpaired) electrons. The van der Waals surface area contributed by atoms with Crippen molar-refractivity contribution in [2.24, 2.45) is 0 Å². The van der Waals surface area contributed by atoms with Crippen molar-refractivity contribution in [3.05, 3.63) is 69.8 Å². The van der Waals surface area contributed by atoms with Crippen LogP contribution in [0.15, 0.2) is 47.4 Å². The van der Waals surface area contributed by atoms with Crippen molar-refractivity contribution in [1.82, 2.24) is 34.1 Å². The lowest BCUT2D eigenvalue weighted by Gasteiger charge is -2.15. The predicted octanol–water partition coefficient (Wildman–Crippen LogP) is 2.91. The molecule has 0 unspecified atom stereocenters. The van der Waals surface area contributed by atoms with Gasteiger partial charge in [-0.1, -0.05) is 18.5 Å². The summed E-state index contributed by atoms with van der Waals surface area (Å²) < 4.78 is 47.3. The third-order valence-corrected chi connectivity index (χ3v) is 5.69. The van der Waals surface area contributed by atoms with Gasteiger partial charge in [-0.25, -0.2) is 19.4 Å². The summed E-state index contributed by atoms with van der Waals surface area (Å²) >= 11 is 5.91. The van der Waals surface area contributed by atoms with Gasteiger partial charge in [0.2, 0.25) is 5.82 Å². The highest BCUT2D eigenvalue weighted by Crippen LogP contribution is 2.25. The molecule has 4 rings (SSSR count). The highest BCUT2D eigenvalue weighted by atomic mass is 35.5. The lowest BCUT2D eigenvalue weighted by atomic mass is 10.2. The van der Waals surface area contributed by atoms with Crippen LogP contribution in [0.1, 0.15) is 29.8 Å². The van der Waals surface area contributed by atoms with Gasteiger partial charge in [-0.3, -0.25) is 9.36 Å². The number of carbonyl (C=O) groups excluding carboxylic acids is 1. The first kappa shape index (κ1) is 27.0. The van der Waals surface area contributed by atoms with Gasteiger partial charge < -0.3 is 9.84 Å². The molecule has 0 saturated heterocycles. The number of alkyl halides is 3. The molecule has 0 saturated carbocycles. The highest BCUT2D eigenvalue weighted by Gasteiger charge is 2.39. The molecule has 3 aromatic heterocycles. The van der Waals surface area contributed by atoms with Gasteiger partial charge in [0.15, 0.2) is 35.1 Å². The summed E-state index contributed by atoms with van der Waals surface area (Å²) in [6.07, 6.45) is -6.21. The maximum atomic E-state index is 13.1. The minimum Gasteiger partial charge on any atom is -0.493 e. The Bertz CT molecular complexity index is 1510. The monoisotopic (exact) mass is 551 g/mol. The van der Waals surface area contributed by atoms with Gasteiger partial charge in [-0.05, 0) is 36.4 Å². The zero-order chi connectivity index (χ0) is 27.6. The van der Waals surface area contributed by atoms with Crippen LogP contribution in [0.3, 0.4) is 0 Å². The van der Waals surface area contributed by atoms with E-state index in [4.69, 9.17) is 16.3 Å². The van der Waals surface area contributed by atoms with Crippen molar-refractivity contribution in [2.45, 2.75) is 38.7 Å². The standard InChI is InChI=1S/C23H21ClF3N7O4/c1-3-15(35)20-29-18(30-34(20)21-16(38-2)5-4-10-28-21)12-33-22(37)32(11-17(36)23(25,26)27)19(31-33)13-6-8-14(24)9-7-13/h4-10,17,36H,3,11-12H2,1-2H3/t17-/m0/s1. The number of pyridine rings is 1. The number of halogens is 4. The molecule has 200 valence electrons. The molecule has 1 atom stereocenters. The number of hydrogen-bond acceptors (Lipinski definition) is 8. The number of ketones is 1. The summed E-state index contributed by atoms with van der Waals surface area (Å²) in [6.45, 7) is 0.154. The molecule has 4 aromatic rings. The second-order valence-corrected chi connectivity index (χ2v) is 8.44. The first-order chi connectivity index (χ1) is 18.0. The number of aliphatic hydroxyl groups excluding tert-OH is 1. The minimum atomic E-state index is -4.96. The number of methoxy groups -OCH3 is 1. The van der Waals surface area contributed by atoms with Crippen molar-refractivity contribution in [2.75, 3.05) is 7.11 Å². The zero-order valence-electron chi connectivity index (χ0n) is 20.1. The van der Waals surface area contributed by atoms with Crippen molar-refractivity contribution >= 4 is 17.4 Å². The molecule has 0 amide bonds. The van der Waals surface area contributed by atoms with Crippen LogP contribution in [0.2, 0.25) is 5.02 Å². The van der Waals surface area contributed by atoms with Crippen LogP contribution in [-0.4, -0.2) is 64.4 Å². The molecule has 0 spiro atoms. The van der Waals surface area contributed by atoms with E-state index in [-0.39, 0.29) is 47.6 Å². The van der Waals surface area contributed by atoms with Crippen LogP contribution in [-0.2, 0) is 13.1 Å². The second kappa shape index (κ2) is 10.8. The van der Waals surface area contributed by atoms with E-state index in [1.165, 1.54) is 42.3 Å². The Labute approximate surface area is 218 Å². The van der Waals surface area contributed by atoms with Gasteiger partial charge >= 0.3 is 11.9 Å². The van der Waals surface area contributed by atoms with Gasteiger partial charge in [0.25, 0.3) is 0 Å². The Kier molecular flexibility index (Phi) is 7.64. The smallest absolute Gasteiger partial charge is 0.416 e. The fourth-order valence-corrected chi connectivity index (χ4v) is 3.67. The number of Topliss-reactive ketones (excluding diaryl/α,β-unsaturated/α-hetero) is 1. The molecular weight excluding hydrogens is 531 g/mol. The largest absolute Gasteiger partial charge is 0.493 e. The quantitative estimate of drug-likeness (QED) is 0.314. The first-order valence-electron chi connectivity index (χ1n) is 11.2. The second-order valence-electron chi connectivity index (χ2n) is 8.01. The van der Waals surface area contributed by atoms with Crippen molar-refractivity contribution in [3.63, 3.8) is 0 Å². The normalized spacial score (nSPS) is 12.5. The van der Waals surface area contributed by atoms with Gasteiger partial charge in [0.05, 0.1) is 13.7 Å². The molecule has 3 heterocycles. The number of rotatable bonds is 9. The topological polar surface area (TPSA) is 130 Å². The molecule has 0 aliphatic carbocycles. The SMILES string of the molecule is CCC(=O)c1nc(Cn2nc(-c3ccc(Cl)cc3)n(C[C@H](O)C(F)(F)F)c2=O)nn1-c1ncccc1OC. The summed E-state index contributed by atoms with van der Waals surface area (Å²) in [5.74, 6) is -0.117. The van der Waals surface area contributed by atoms with E-state index in [1.807, 2.05) is 0 Å². The molecule has 0 fully saturated rings. The molecule has 38 heavy (non-hydrogen) atoms. The fourth-order valence-electron chi connectivity index (χ4n) is 3.54. The minimum absolute atomic E-state index is 0.0275. The Hall–Kier alpha value is -4.04. The number of aliphatic hydroxyl groups is 1. The maximum Gasteiger partial charge on any atom is 0.416 e. The Balaban J connectivity index is 1.80. The van der Waals surface area contributed by atoms with Crippen LogP contribution >= 0.6 is 11.6 Å². The molecular formula is C23H21ClF3N7O4. The number of nitrogens with zero attached hydrogens (tertiary/aromatic N) is 7. The van der Waals surface area contributed by atoms with Crippen LogP contribution in [0.4, 0.5) is 13.2 Å². The summed E-state index contributed by atoms with van der Waals surface area (Å²) in [5, 5.41) is 18.5. The Morgan fingerprint density at radius 1 is 1.18 bits per heavy atom. The number of ether oxygens (including phenoxy) is 1. The molecule has 0 bridgehead atoms. The van der Waals surface area contributed by atoms with E-state index in [9.17, 15) is 27.9 Å². The third kappa shape index (κ3) is 5.45. The predicted molar refractivity (Wildman–Crippen MR) is 128 cm³/mol. The number of aromatic nitrogens is 7. The summed E-state index contributed by atoms with van der Waals surface area (Å²) in [4.78, 5) is 34.2. The van der Waals surface area contributed by atoms with Crippen LogP contribution < -0.4 is 10.4 Å². The number of benzene rings is 1. The molecule has 1 aromatic carbocycles. The third-order valence-electron chi connectivity index (χ3n) is 5.44. The van der Waals surface area contributed by atoms with Crippen LogP contribution in [0.25, 0.3) is 17.2 Å². The van der Waals surface area contributed by atoms with Crippen molar-refractivity contribution in [3.8, 4) is 23.0 Å². The van der Waals surface area contributed by atoms with E-state index in [1.54, 1.807) is 19.1 Å². The molecule has 0 aliphatic heterocycles. The van der Waals surface area contributed by atoms with Crippen molar-refractivity contribution in [1.29, 1.82) is 0 Å². The zero-order valence-corrected chi connectivity index (χ0v) is 20.8. The first-order valence-corrected chi connectivity index (χ1v) is 11.6. The summed E-state index contributed by atoms with van der Waals surface area (Å²) in [5.41, 5.74) is -0.661. The van der Waals surface area contributed by atoms with E-state index >= 15 is 0 Å². The van der Waals surface area contributed by atoms with Crippen molar-refractivity contribution < 1.29 is 27.8 Å². The van der Waals surface area contributed by atoms with Gasteiger partial charge in [0, 0.05) is 23.2 Å². The summed E-state index contributed by atoms with van der Waals surface area (Å²) in [7, 11) is 1.42. The fraction of sp³-hybridized carbons (Fsp3) is 0.304. The van der Waals surface area contributed by atoms with E-state index in [2.05, 4.69) is 20.2 Å². The average molecular weight is 552 g/mol. The molecule has 11 nitrogen and oxygen atoms in total. The maximum absolute atomic E-state index is 13.1. The Morgan fingerprint density at radius 3 is 2.53 bits per heavy atom. The van der Waals surface area contributed by atoms with Crippen LogP contribution in [0, 0.1) is 0 Å². The van der Waals surface area contributed by atoms with Gasteiger partial charge in [0.1, 0.15) is 6.54 Å². The summed E-state index contributed by atoms with van der Waals surface area (Å²) in [6, 6.07) is 9.16. The van der Waals surface area contributed by atoms with E-state index in [0.29, 0.717) is 15.3 Å². The number of carbonyl (C=O) groups is 1. The highest BCUT2D eigenvalue weighted by molar-refractivity contribution is 6.30. The lowest BCUT2D eigenvalue weighted by Crippen LogP contribution is -2.37. The number of hydrogen-bond donors (Lipinski definition) is 1.